The van der Waals surface area contributed by atoms with Crippen molar-refractivity contribution >= 4 is 28.5 Å². The molecule has 0 bridgehead atoms. The van der Waals surface area contributed by atoms with Gasteiger partial charge in [-0.15, -0.1) is 11.6 Å². The maximum atomic E-state index is 13.5. The van der Waals surface area contributed by atoms with E-state index >= 15 is 0 Å². The summed E-state index contributed by atoms with van der Waals surface area (Å²) in [5.41, 5.74) is 0.816. The minimum atomic E-state index is -0.412. The van der Waals surface area contributed by atoms with Gasteiger partial charge in [0.15, 0.2) is 5.82 Å². The fourth-order valence-electron chi connectivity index (χ4n) is 1.66. The summed E-state index contributed by atoms with van der Waals surface area (Å²) in [6.07, 6.45) is 0. The Morgan fingerprint density at radius 3 is 3.00 bits per heavy atom. The van der Waals surface area contributed by atoms with Crippen molar-refractivity contribution in [1.29, 1.82) is 0 Å². The number of alkyl halides is 1. The molecule has 0 unspecified atom stereocenters. The number of hydrogen-bond acceptors (Lipinski definition) is 2. The van der Waals surface area contributed by atoms with Gasteiger partial charge in [0, 0.05) is 7.05 Å². The van der Waals surface area contributed by atoms with E-state index in [1.54, 1.807) is 23.7 Å². The molecule has 0 aliphatic heterocycles. The van der Waals surface area contributed by atoms with E-state index in [2.05, 4.69) is 10.3 Å². The van der Waals surface area contributed by atoms with Crippen LogP contribution in [0, 0.1) is 5.82 Å². The Kier molecular flexibility index (Phi) is 3.28. The molecule has 0 fully saturated rings. The highest BCUT2D eigenvalue weighted by atomic mass is 35.5. The van der Waals surface area contributed by atoms with Gasteiger partial charge in [0.05, 0.1) is 11.4 Å². The molecule has 0 atom stereocenters. The van der Waals surface area contributed by atoms with E-state index < -0.39 is 5.82 Å². The smallest absolute Gasteiger partial charge is 0.239 e. The molecule has 0 aliphatic rings. The van der Waals surface area contributed by atoms with Gasteiger partial charge >= 0.3 is 0 Å². The van der Waals surface area contributed by atoms with Gasteiger partial charge in [-0.25, -0.2) is 9.37 Å². The monoisotopic (exact) mass is 255 g/mol. The van der Waals surface area contributed by atoms with Crippen LogP contribution in [0.4, 0.5) is 4.39 Å². The fourth-order valence-corrected chi connectivity index (χ4v) is 1.87. The van der Waals surface area contributed by atoms with Crippen LogP contribution in [0.25, 0.3) is 11.0 Å². The van der Waals surface area contributed by atoms with Crippen LogP contribution in [0.3, 0.4) is 0 Å². The Bertz CT molecular complexity index is 567. The van der Waals surface area contributed by atoms with Crippen molar-refractivity contribution in [2.75, 3.05) is 7.05 Å². The average molecular weight is 256 g/mol. The minimum absolute atomic E-state index is 0.0819. The van der Waals surface area contributed by atoms with Crippen molar-refractivity contribution in [3.63, 3.8) is 0 Å². The molecule has 1 amide bonds. The Hall–Kier alpha value is -1.62. The normalized spacial score (nSPS) is 10.8. The predicted molar refractivity (Wildman–Crippen MR) is 63.3 cm³/mol. The molecule has 4 nitrogen and oxygen atoms in total. The number of hydrogen-bond donors (Lipinski definition) is 1. The molecule has 0 saturated heterocycles. The maximum Gasteiger partial charge on any atom is 0.239 e. The number of rotatable bonds is 3. The highest BCUT2D eigenvalue weighted by Crippen LogP contribution is 2.20. The lowest BCUT2D eigenvalue weighted by molar-refractivity contribution is -0.121. The lowest BCUT2D eigenvalue weighted by atomic mass is 10.3. The zero-order chi connectivity index (χ0) is 12.4. The summed E-state index contributed by atoms with van der Waals surface area (Å²) >= 11 is 5.75. The van der Waals surface area contributed by atoms with Crippen LogP contribution in [0.5, 0.6) is 0 Å². The molecule has 17 heavy (non-hydrogen) atoms. The van der Waals surface area contributed by atoms with E-state index in [1.165, 1.54) is 6.07 Å². The SMILES string of the molecule is CNC(=O)Cn1c(CCl)nc2c(F)cccc21. The number of imidazole rings is 1. The molecule has 2 rings (SSSR count). The Morgan fingerprint density at radius 1 is 1.59 bits per heavy atom. The summed E-state index contributed by atoms with van der Waals surface area (Å²) in [5.74, 6) is 0.0188. The number of nitrogens with one attached hydrogen (secondary N) is 1. The van der Waals surface area contributed by atoms with Crippen molar-refractivity contribution < 1.29 is 9.18 Å². The van der Waals surface area contributed by atoms with Crippen molar-refractivity contribution in [2.24, 2.45) is 0 Å². The summed E-state index contributed by atoms with van der Waals surface area (Å²) in [6, 6.07) is 4.62. The summed E-state index contributed by atoms with van der Waals surface area (Å²) in [4.78, 5) is 15.5. The number of aromatic nitrogens is 2. The van der Waals surface area contributed by atoms with Crippen LogP contribution in [-0.4, -0.2) is 22.5 Å². The fraction of sp³-hybridized carbons (Fsp3) is 0.273. The third kappa shape index (κ3) is 2.10. The molecule has 6 heteroatoms. The summed E-state index contributed by atoms with van der Waals surface area (Å²) in [5, 5.41) is 2.51. The van der Waals surface area contributed by atoms with Gasteiger partial charge in [0.1, 0.15) is 17.9 Å². The zero-order valence-corrected chi connectivity index (χ0v) is 9.96. The Balaban J connectivity index is 2.58. The molecule has 1 aromatic heterocycles. The second-order valence-corrected chi connectivity index (χ2v) is 3.80. The molecule has 0 spiro atoms. The Morgan fingerprint density at radius 2 is 2.35 bits per heavy atom. The van der Waals surface area contributed by atoms with Crippen LogP contribution >= 0.6 is 11.6 Å². The standard InChI is InChI=1S/C11H11ClFN3O/c1-14-10(17)6-16-8-4-2-3-7(13)11(8)15-9(16)5-12/h2-4H,5-6H2,1H3,(H,14,17). The second-order valence-electron chi connectivity index (χ2n) is 3.53. The molecule has 2 aromatic rings. The number of fused-ring (bicyclic) bond motifs is 1. The van der Waals surface area contributed by atoms with E-state index in [0.717, 1.165) is 0 Å². The first kappa shape index (κ1) is 11.9. The number of carbonyl (C=O) groups is 1. The molecule has 90 valence electrons. The van der Waals surface area contributed by atoms with Crippen LogP contribution in [0.1, 0.15) is 5.82 Å². The summed E-state index contributed by atoms with van der Waals surface area (Å²) in [6.45, 7) is 0.0819. The van der Waals surface area contributed by atoms with E-state index in [1.807, 2.05) is 0 Å². The van der Waals surface area contributed by atoms with Crippen LogP contribution in [0.2, 0.25) is 0 Å². The maximum absolute atomic E-state index is 13.5. The summed E-state index contributed by atoms with van der Waals surface area (Å²) < 4.78 is 15.1. The van der Waals surface area contributed by atoms with E-state index in [4.69, 9.17) is 11.6 Å². The van der Waals surface area contributed by atoms with Gasteiger partial charge in [-0.1, -0.05) is 6.07 Å². The van der Waals surface area contributed by atoms with Crippen LogP contribution < -0.4 is 5.32 Å². The topological polar surface area (TPSA) is 46.9 Å². The average Bonchev–Trinajstić information content (AvgIpc) is 2.69. The molecule has 1 N–H and O–H groups in total. The third-order valence-corrected chi connectivity index (χ3v) is 2.75. The highest BCUT2D eigenvalue weighted by Gasteiger charge is 2.14. The lowest BCUT2D eigenvalue weighted by Gasteiger charge is -2.06. The second kappa shape index (κ2) is 4.71. The summed E-state index contributed by atoms with van der Waals surface area (Å²) in [7, 11) is 1.54. The molecule has 1 aromatic carbocycles. The number of likely N-dealkylation sites (N-methyl/N-ethyl adjacent to an activating group) is 1. The first-order valence-electron chi connectivity index (χ1n) is 5.07. The van der Waals surface area contributed by atoms with Crippen LogP contribution in [-0.2, 0) is 17.2 Å². The number of benzene rings is 1. The molecule has 1 heterocycles. The molecule has 0 aliphatic carbocycles. The van der Waals surface area contributed by atoms with E-state index in [9.17, 15) is 9.18 Å². The molecular formula is C11H11ClFN3O. The first-order chi connectivity index (χ1) is 8.17. The highest BCUT2D eigenvalue weighted by molar-refractivity contribution is 6.16. The first-order valence-corrected chi connectivity index (χ1v) is 5.61. The number of nitrogens with zero attached hydrogens (tertiary/aromatic N) is 2. The number of halogens is 2. The molecule has 0 radical (unpaired) electrons. The van der Waals surface area contributed by atoms with Crippen molar-refractivity contribution in [1.82, 2.24) is 14.9 Å². The van der Waals surface area contributed by atoms with Gasteiger partial charge in [-0.2, -0.15) is 0 Å². The van der Waals surface area contributed by atoms with Gasteiger partial charge in [0.25, 0.3) is 0 Å². The quantitative estimate of drug-likeness (QED) is 0.848. The van der Waals surface area contributed by atoms with Gasteiger partial charge < -0.3 is 9.88 Å². The predicted octanol–water partition coefficient (Wildman–Crippen LogP) is 1.66. The van der Waals surface area contributed by atoms with E-state index in [0.29, 0.717) is 11.3 Å². The van der Waals surface area contributed by atoms with Gasteiger partial charge in [0.2, 0.25) is 5.91 Å². The van der Waals surface area contributed by atoms with E-state index in [-0.39, 0.29) is 23.8 Å². The number of carbonyl (C=O) groups excluding carboxylic acids is 1. The van der Waals surface area contributed by atoms with Gasteiger partial charge in [-0.3, -0.25) is 4.79 Å². The van der Waals surface area contributed by atoms with Crippen molar-refractivity contribution in [2.45, 2.75) is 12.4 Å². The third-order valence-electron chi connectivity index (χ3n) is 2.51. The Labute approximate surface area is 102 Å². The number of amides is 1. The molecule has 0 saturated carbocycles. The largest absolute Gasteiger partial charge is 0.358 e. The van der Waals surface area contributed by atoms with Crippen molar-refractivity contribution in [3.05, 3.63) is 29.8 Å². The number of para-hydroxylation sites is 1. The molecular weight excluding hydrogens is 245 g/mol. The van der Waals surface area contributed by atoms with Crippen LogP contribution in [0.15, 0.2) is 18.2 Å². The van der Waals surface area contributed by atoms with Crippen molar-refractivity contribution in [3.8, 4) is 0 Å². The lowest BCUT2D eigenvalue weighted by Crippen LogP contribution is -2.24. The zero-order valence-electron chi connectivity index (χ0n) is 9.20. The minimum Gasteiger partial charge on any atom is -0.358 e. The van der Waals surface area contributed by atoms with Gasteiger partial charge in [-0.05, 0) is 12.1 Å².